The number of nitrogens with one attached hydrogen (secondary N) is 1. The number of hydrogen-bond donors (Lipinski definition) is 1. The van der Waals surface area contributed by atoms with E-state index in [1.165, 1.54) is 6.92 Å². The summed E-state index contributed by atoms with van der Waals surface area (Å²) >= 11 is 1.62. The highest BCUT2D eigenvalue weighted by atomic mass is 32.1. The molecular weight excluding hydrogens is 274 g/mol. The fourth-order valence-corrected chi connectivity index (χ4v) is 2.51. The summed E-state index contributed by atoms with van der Waals surface area (Å²) in [6.45, 7) is 6.18. The third-order valence-electron chi connectivity index (χ3n) is 2.60. The number of hydrogen-bond acceptors (Lipinski definition) is 6. The minimum Gasteiger partial charge on any atom is -0.302 e. The maximum Gasteiger partial charge on any atom is 0.235 e. The van der Waals surface area contributed by atoms with Crippen molar-refractivity contribution in [1.29, 1.82) is 0 Å². The van der Waals surface area contributed by atoms with Crippen molar-refractivity contribution in [2.45, 2.75) is 27.2 Å². The van der Waals surface area contributed by atoms with Gasteiger partial charge in [0.15, 0.2) is 0 Å². The van der Waals surface area contributed by atoms with Crippen molar-refractivity contribution in [2.75, 3.05) is 16.8 Å². The van der Waals surface area contributed by atoms with E-state index in [0.717, 1.165) is 11.5 Å². The van der Waals surface area contributed by atoms with Crippen LogP contribution in [0.3, 0.4) is 0 Å². The molecule has 6 nitrogen and oxygen atoms in total. The topological polar surface area (TPSA) is 71.0 Å². The molecule has 0 aliphatic heterocycles. The molecule has 2 heterocycles. The van der Waals surface area contributed by atoms with Crippen LogP contribution in [0, 0.1) is 0 Å². The van der Waals surface area contributed by atoms with E-state index in [-0.39, 0.29) is 5.91 Å². The van der Waals surface area contributed by atoms with E-state index in [1.807, 2.05) is 36.3 Å². The van der Waals surface area contributed by atoms with Crippen LogP contribution in [0.2, 0.25) is 0 Å². The van der Waals surface area contributed by atoms with Crippen LogP contribution in [0.5, 0.6) is 0 Å². The minimum absolute atomic E-state index is 0.191. The summed E-state index contributed by atoms with van der Waals surface area (Å²) in [5.74, 6) is 1.33. The highest BCUT2D eigenvalue weighted by molar-refractivity contribution is 7.14. The Hall–Kier alpha value is -2.02. The molecular formula is C13H17N5OS. The number of aromatic nitrogens is 3. The van der Waals surface area contributed by atoms with E-state index in [0.29, 0.717) is 24.1 Å². The lowest BCUT2D eigenvalue weighted by molar-refractivity contribution is -0.114. The lowest BCUT2D eigenvalue weighted by Crippen LogP contribution is -2.21. The molecule has 0 saturated carbocycles. The Morgan fingerprint density at radius 3 is 2.70 bits per heavy atom. The fourth-order valence-electron chi connectivity index (χ4n) is 1.72. The van der Waals surface area contributed by atoms with Crippen molar-refractivity contribution in [3.05, 3.63) is 23.3 Å². The van der Waals surface area contributed by atoms with Gasteiger partial charge in [0.2, 0.25) is 17.8 Å². The second kappa shape index (κ2) is 6.42. The molecule has 2 aromatic rings. The van der Waals surface area contributed by atoms with E-state index >= 15 is 0 Å². The van der Waals surface area contributed by atoms with E-state index in [4.69, 9.17) is 0 Å². The summed E-state index contributed by atoms with van der Waals surface area (Å²) in [7, 11) is 0. The number of carbonyl (C=O) groups excluding carboxylic acids is 1. The van der Waals surface area contributed by atoms with Crippen LogP contribution in [0.15, 0.2) is 17.5 Å². The van der Waals surface area contributed by atoms with Crippen molar-refractivity contribution in [2.24, 2.45) is 0 Å². The number of thiophene rings is 1. The number of carbonyl (C=O) groups is 1. The normalized spacial score (nSPS) is 10.3. The molecule has 0 unspecified atom stereocenters. The zero-order valence-electron chi connectivity index (χ0n) is 11.8. The first-order valence-electron chi connectivity index (χ1n) is 6.47. The number of anilines is 3. The van der Waals surface area contributed by atoms with Gasteiger partial charge in [-0.05, 0) is 24.4 Å². The van der Waals surface area contributed by atoms with E-state index in [1.54, 1.807) is 11.3 Å². The van der Waals surface area contributed by atoms with Gasteiger partial charge in [0.25, 0.3) is 0 Å². The van der Waals surface area contributed by atoms with Crippen molar-refractivity contribution < 1.29 is 4.79 Å². The van der Waals surface area contributed by atoms with Crippen molar-refractivity contribution in [3.63, 3.8) is 0 Å². The summed E-state index contributed by atoms with van der Waals surface area (Å²) in [6, 6.07) is 4.00. The van der Waals surface area contributed by atoms with Gasteiger partial charge in [0.1, 0.15) is 5.82 Å². The Bertz CT molecular complexity index is 584. The molecule has 0 fully saturated rings. The van der Waals surface area contributed by atoms with Gasteiger partial charge in [-0.1, -0.05) is 6.92 Å². The standard InChI is InChI=1S/C13H17N5OS/c1-4-10-15-12(14-9(3)19)17-13(16-10)18(5-2)11-7-6-8-20-11/h6-8H,4-5H2,1-3H3,(H,14,15,16,17,19). The molecule has 0 bridgehead atoms. The van der Waals surface area contributed by atoms with Gasteiger partial charge < -0.3 is 4.90 Å². The second-order valence-electron chi connectivity index (χ2n) is 4.11. The maximum atomic E-state index is 11.2. The zero-order valence-corrected chi connectivity index (χ0v) is 12.6. The Kier molecular flexibility index (Phi) is 4.62. The summed E-state index contributed by atoms with van der Waals surface area (Å²) in [5.41, 5.74) is 0. The summed E-state index contributed by atoms with van der Waals surface area (Å²) in [6.07, 6.45) is 0.685. The molecule has 0 spiro atoms. The molecule has 0 aliphatic rings. The fraction of sp³-hybridized carbons (Fsp3) is 0.385. The molecule has 7 heteroatoms. The van der Waals surface area contributed by atoms with E-state index < -0.39 is 0 Å². The van der Waals surface area contributed by atoms with Crippen LogP contribution in [-0.2, 0) is 11.2 Å². The summed E-state index contributed by atoms with van der Waals surface area (Å²) in [5, 5.41) is 5.69. The first-order chi connectivity index (χ1) is 9.63. The molecule has 0 aliphatic carbocycles. The molecule has 1 amide bonds. The molecule has 106 valence electrons. The van der Waals surface area contributed by atoms with Crippen molar-refractivity contribution in [3.8, 4) is 0 Å². The molecule has 20 heavy (non-hydrogen) atoms. The molecule has 0 aromatic carbocycles. The second-order valence-corrected chi connectivity index (χ2v) is 5.03. The molecule has 1 N–H and O–H groups in total. The highest BCUT2D eigenvalue weighted by Crippen LogP contribution is 2.27. The predicted molar refractivity (Wildman–Crippen MR) is 80.5 cm³/mol. The van der Waals surface area contributed by atoms with E-state index in [9.17, 15) is 4.79 Å². The zero-order chi connectivity index (χ0) is 14.5. The smallest absolute Gasteiger partial charge is 0.235 e. The lowest BCUT2D eigenvalue weighted by atomic mass is 10.4. The third kappa shape index (κ3) is 3.30. The molecule has 2 rings (SSSR count). The quantitative estimate of drug-likeness (QED) is 0.917. The predicted octanol–water partition coefficient (Wildman–Crippen LogP) is 2.61. The van der Waals surface area contributed by atoms with Crippen LogP contribution >= 0.6 is 11.3 Å². The summed E-state index contributed by atoms with van der Waals surface area (Å²) < 4.78 is 0. The number of rotatable bonds is 5. The Morgan fingerprint density at radius 1 is 1.35 bits per heavy atom. The van der Waals surface area contributed by atoms with Crippen molar-refractivity contribution >= 4 is 34.1 Å². The lowest BCUT2D eigenvalue weighted by Gasteiger charge is -2.19. The van der Waals surface area contributed by atoms with Crippen LogP contribution in [0.25, 0.3) is 0 Å². The average molecular weight is 291 g/mol. The monoisotopic (exact) mass is 291 g/mol. The number of nitrogens with zero attached hydrogens (tertiary/aromatic N) is 4. The van der Waals surface area contributed by atoms with Gasteiger partial charge >= 0.3 is 0 Å². The Labute approximate surface area is 121 Å². The van der Waals surface area contributed by atoms with Gasteiger partial charge in [0.05, 0.1) is 5.00 Å². The highest BCUT2D eigenvalue weighted by Gasteiger charge is 2.14. The molecule has 0 atom stereocenters. The van der Waals surface area contributed by atoms with Gasteiger partial charge in [-0.3, -0.25) is 10.1 Å². The van der Waals surface area contributed by atoms with Crippen molar-refractivity contribution in [1.82, 2.24) is 15.0 Å². The largest absolute Gasteiger partial charge is 0.302 e. The Morgan fingerprint density at radius 2 is 2.15 bits per heavy atom. The van der Waals surface area contributed by atoms with Crippen LogP contribution < -0.4 is 10.2 Å². The van der Waals surface area contributed by atoms with Gasteiger partial charge in [0, 0.05) is 19.9 Å². The maximum absolute atomic E-state index is 11.2. The first-order valence-corrected chi connectivity index (χ1v) is 7.35. The van der Waals surface area contributed by atoms with E-state index in [2.05, 4.69) is 20.3 Å². The van der Waals surface area contributed by atoms with Crippen LogP contribution in [-0.4, -0.2) is 27.4 Å². The Balaban J connectivity index is 2.40. The van der Waals surface area contributed by atoms with Gasteiger partial charge in [-0.15, -0.1) is 11.3 Å². The van der Waals surface area contributed by atoms with Gasteiger partial charge in [-0.25, -0.2) is 0 Å². The summed E-state index contributed by atoms with van der Waals surface area (Å²) in [4.78, 5) is 26.2. The van der Waals surface area contributed by atoms with Gasteiger partial charge in [-0.2, -0.15) is 15.0 Å². The average Bonchev–Trinajstić information content (AvgIpc) is 2.92. The third-order valence-corrected chi connectivity index (χ3v) is 3.49. The number of aryl methyl sites for hydroxylation is 1. The SMILES string of the molecule is CCc1nc(NC(C)=O)nc(N(CC)c2cccs2)n1. The molecule has 0 saturated heterocycles. The minimum atomic E-state index is -0.191. The van der Waals surface area contributed by atoms with Crippen LogP contribution in [0.4, 0.5) is 16.9 Å². The molecule has 2 aromatic heterocycles. The molecule has 0 radical (unpaired) electrons. The number of amides is 1. The van der Waals surface area contributed by atoms with Crippen LogP contribution in [0.1, 0.15) is 26.6 Å². The first kappa shape index (κ1) is 14.4.